The highest BCUT2D eigenvalue weighted by Gasteiger charge is 2.33. The van der Waals surface area contributed by atoms with E-state index in [2.05, 4.69) is 17.2 Å². The van der Waals surface area contributed by atoms with Crippen LogP contribution >= 0.6 is 34.8 Å². The van der Waals surface area contributed by atoms with Crippen molar-refractivity contribution in [3.8, 4) is 0 Å². The van der Waals surface area contributed by atoms with Crippen LogP contribution in [0.25, 0.3) is 0 Å². The summed E-state index contributed by atoms with van der Waals surface area (Å²) >= 11 is 17.4. The van der Waals surface area contributed by atoms with Gasteiger partial charge in [-0.15, -0.1) is 6.58 Å². The van der Waals surface area contributed by atoms with Crippen molar-refractivity contribution < 1.29 is 4.79 Å². The van der Waals surface area contributed by atoms with Crippen LogP contribution < -0.4 is 10.6 Å². The van der Waals surface area contributed by atoms with Crippen molar-refractivity contribution in [3.63, 3.8) is 0 Å². The molecular formula is C13H15Cl3N2O. The Hall–Kier alpha value is -0.740. The average Bonchev–Trinajstić information content (AvgIpc) is 2.33. The summed E-state index contributed by atoms with van der Waals surface area (Å²) < 4.78 is -1.65. The summed E-state index contributed by atoms with van der Waals surface area (Å²) in [5.74, 6) is -0.312. The molecule has 0 aliphatic heterocycles. The second kappa shape index (κ2) is 7.15. The minimum absolute atomic E-state index is 0.312. The summed E-state index contributed by atoms with van der Waals surface area (Å²) in [6.07, 6.45) is 0.811. The molecule has 0 aliphatic rings. The van der Waals surface area contributed by atoms with Crippen LogP contribution in [-0.2, 0) is 0 Å². The lowest BCUT2D eigenvalue weighted by Gasteiger charge is -2.26. The van der Waals surface area contributed by atoms with Gasteiger partial charge < -0.3 is 5.32 Å². The number of carbonyl (C=O) groups is 1. The highest BCUT2D eigenvalue weighted by Crippen LogP contribution is 2.29. The number of alkyl halides is 3. The van der Waals surface area contributed by atoms with Crippen molar-refractivity contribution in [2.45, 2.75) is 16.9 Å². The van der Waals surface area contributed by atoms with Crippen molar-refractivity contribution in [2.24, 2.45) is 0 Å². The molecule has 0 saturated carbocycles. The average molecular weight is 322 g/mol. The molecule has 6 heteroatoms. The van der Waals surface area contributed by atoms with Crippen LogP contribution in [0.2, 0.25) is 0 Å². The Morgan fingerprint density at radius 1 is 1.37 bits per heavy atom. The molecule has 0 fully saturated rings. The van der Waals surface area contributed by atoms with E-state index < -0.39 is 9.96 Å². The van der Waals surface area contributed by atoms with Crippen LogP contribution in [0.3, 0.4) is 0 Å². The molecule has 0 unspecified atom stereocenters. The van der Waals surface area contributed by atoms with Gasteiger partial charge in [0, 0.05) is 12.1 Å². The highest BCUT2D eigenvalue weighted by atomic mass is 35.6. The number of amides is 1. The molecular weight excluding hydrogens is 307 g/mol. The summed E-state index contributed by atoms with van der Waals surface area (Å²) in [5, 5.41) is 5.51. The first-order valence-electron chi connectivity index (χ1n) is 5.63. The summed E-state index contributed by atoms with van der Waals surface area (Å²) in [7, 11) is 0. The van der Waals surface area contributed by atoms with Crippen LogP contribution in [0.4, 0.5) is 0 Å². The molecule has 0 saturated heterocycles. The predicted octanol–water partition coefficient (Wildman–Crippen LogP) is 3.20. The topological polar surface area (TPSA) is 41.1 Å². The SMILES string of the molecule is C=CCN[C@H](NC(=O)c1ccc(C)cc1)C(Cl)(Cl)Cl. The molecule has 0 aliphatic carbocycles. The van der Waals surface area contributed by atoms with E-state index in [9.17, 15) is 4.79 Å². The second-order valence-corrected chi connectivity index (χ2v) is 6.38. The van der Waals surface area contributed by atoms with Gasteiger partial charge in [0.15, 0.2) is 0 Å². The zero-order valence-corrected chi connectivity index (χ0v) is 12.7. The van der Waals surface area contributed by atoms with E-state index in [0.717, 1.165) is 5.56 Å². The molecule has 1 aromatic rings. The Kier molecular flexibility index (Phi) is 6.14. The van der Waals surface area contributed by atoms with Crippen molar-refractivity contribution >= 4 is 40.7 Å². The molecule has 1 aromatic carbocycles. The van der Waals surface area contributed by atoms with E-state index in [-0.39, 0.29) is 5.91 Å². The molecule has 0 bridgehead atoms. The van der Waals surface area contributed by atoms with E-state index in [1.54, 1.807) is 18.2 Å². The minimum atomic E-state index is -1.65. The van der Waals surface area contributed by atoms with E-state index in [1.165, 1.54) is 0 Å². The van der Waals surface area contributed by atoms with Gasteiger partial charge >= 0.3 is 0 Å². The molecule has 1 amide bonds. The molecule has 0 aromatic heterocycles. The van der Waals surface area contributed by atoms with Crippen molar-refractivity contribution in [3.05, 3.63) is 48.0 Å². The maximum Gasteiger partial charge on any atom is 0.252 e. The number of hydrogen-bond donors (Lipinski definition) is 2. The smallest absolute Gasteiger partial charge is 0.252 e. The van der Waals surface area contributed by atoms with Crippen LogP contribution in [0.5, 0.6) is 0 Å². The molecule has 0 spiro atoms. The first-order valence-corrected chi connectivity index (χ1v) is 6.76. The van der Waals surface area contributed by atoms with Crippen molar-refractivity contribution in [2.75, 3.05) is 6.54 Å². The van der Waals surface area contributed by atoms with E-state index in [0.29, 0.717) is 12.1 Å². The predicted molar refractivity (Wildman–Crippen MR) is 80.9 cm³/mol. The Morgan fingerprint density at radius 3 is 2.42 bits per heavy atom. The van der Waals surface area contributed by atoms with Crippen LogP contribution in [0.15, 0.2) is 36.9 Å². The lowest BCUT2D eigenvalue weighted by atomic mass is 10.1. The van der Waals surface area contributed by atoms with Crippen LogP contribution in [0.1, 0.15) is 15.9 Å². The van der Waals surface area contributed by atoms with E-state index in [4.69, 9.17) is 34.8 Å². The normalized spacial score (nSPS) is 12.8. The monoisotopic (exact) mass is 320 g/mol. The highest BCUT2D eigenvalue weighted by molar-refractivity contribution is 6.68. The first kappa shape index (κ1) is 16.3. The Balaban J connectivity index is 2.75. The van der Waals surface area contributed by atoms with Gasteiger partial charge in [0.05, 0.1) is 0 Å². The minimum Gasteiger partial charge on any atom is -0.333 e. The fraction of sp³-hybridized carbons (Fsp3) is 0.308. The van der Waals surface area contributed by atoms with E-state index in [1.807, 2.05) is 19.1 Å². The number of rotatable bonds is 5. The maximum absolute atomic E-state index is 12.0. The molecule has 1 rings (SSSR count). The van der Waals surface area contributed by atoms with Gasteiger partial charge in [0.2, 0.25) is 3.79 Å². The van der Waals surface area contributed by atoms with Gasteiger partial charge in [-0.2, -0.15) is 0 Å². The van der Waals surface area contributed by atoms with E-state index >= 15 is 0 Å². The van der Waals surface area contributed by atoms with Crippen molar-refractivity contribution in [1.29, 1.82) is 0 Å². The Labute approximate surface area is 127 Å². The van der Waals surface area contributed by atoms with Crippen molar-refractivity contribution in [1.82, 2.24) is 10.6 Å². The fourth-order valence-corrected chi connectivity index (χ4v) is 1.76. The third-order valence-corrected chi connectivity index (χ3v) is 3.04. The van der Waals surface area contributed by atoms with Crippen LogP contribution in [-0.4, -0.2) is 22.4 Å². The number of halogens is 3. The van der Waals surface area contributed by atoms with Gasteiger partial charge in [-0.1, -0.05) is 58.6 Å². The van der Waals surface area contributed by atoms with Crippen LogP contribution in [0, 0.1) is 6.92 Å². The van der Waals surface area contributed by atoms with Gasteiger partial charge in [-0.05, 0) is 19.1 Å². The number of nitrogens with one attached hydrogen (secondary N) is 2. The molecule has 19 heavy (non-hydrogen) atoms. The Bertz CT molecular complexity index is 440. The Morgan fingerprint density at radius 2 is 1.95 bits per heavy atom. The zero-order chi connectivity index (χ0) is 14.5. The number of carbonyl (C=O) groups excluding carboxylic acids is 1. The first-order chi connectivity index (χ1) is 8.84. The quantitative estimate of drug-likeness (QED) is 0.497. The van der Waals surface area contributed by atoms with Gasteiger partial charge in [-0.3, -0.25) is 10.1 Å². The molecule has 0 heterocycles. The maximum atomic E-state index is 12.0. The standard InChI is InChI=1S/C13H15Cl3N2O/c1-3-8-17-12(13(14,15)16)18-11(19)10-6-4-9(2)5-7-10/h3-7,12,17H,1,8H2,2H3,(H,18,19)/t12-/m1/s1. The third kappa shape index (κ3) is 5.41. The number of hydrogen-bond acceptors (Lipinski definition) is 2. The fourth-order valence-electron chi connectivity index (χ4n) is 1.37. The summed E-state index contributed by atoms with van der Waals surface area (Å²) in [6.45, 7) is 5.91. The molecule has 2 N–H and O–H groups in total. The summed E-state index contributed by atoms with van der Waals surface area (Å²) in [6, 6.07) is 7.12. The van der Waals surface area contributed by atoms with Gasteiger partial charge in [-0.25, -0.2) is 0 Å². The molecule has 104 valence electrons. The lowest BCUT2D eigenvalue weighted by molar-refractivity contribution is 0.0930. The number of benzene rings is 1. The lowest BCUT2D eigenvalue weighted by Crippen LogP contribution is -2.53. The third-order valence-electron chi connectivity index (χ3n) is 2.38. The van der Waals surface area contributed by atoms with Gasteiger partial charge in [0.1, 0.15) is 6.17 Å². The molecule has 3 nitrogen and oxygen atoms in total. The largest absolute Gasteiger partial charge is 0.333 e. The van der Waals surface area contributed by atoms with Gasteiger partial charge in [0.25, 0.3) is 5.91 Å². The number of aryl methyl sites for hydroxylation is 1. The summed E-state index contributed by atoms with van der Waals surface area (Å²) in [4.78, 5) is 12.0. The molecule has 1 atom stereocenters. The zero-order valence-electron chi connectivity index (χ0n) is 10.4. The summed E-state index contributed by atoms with van der Waals surface area (Å²) in [5.41, 5.74) is 1.57. The second-order valence-electron chi connectivity index (χ2n) is 4.01. The molecule has 0 radical (unpaired) electrons.